The number of thiophene rings is 1. The van der Waals surface area contributed by atoms with Crippen molar-refractivity contribution in [1.82, 2.24) is 4.57 Å². The summed E-state index contributed by atoms with van der Waals surface area (Å²) in [5.41, 5.74) is 14.1. The van der Waals surface area contributed by atoms with E-state index in [1.807, 2.05) is 23.5 Å². The van der Waals surface area contributed by atoms with Gasteiger partial charge in [0.05, 0.1) is 11.0 Å². The third-order valence-corrected chi connectivity index (χ3v) is 13.3. The number of furan rings is 1. The van der Waals surface area contributed by atoms with Crippen molar-refractivity contribution in [3.05, 3.63) is 151 Å². The van der Waals surface area contributed by atoms with Crippen LogP contribution in [0.4, 0.5) is 0 Å². The molecule has 0 bridgehead atoms. The molecule has 0 saturated heterocycles. The number of benzene rings is 7. The third-order valence-electron chi connectivity index (χ3n) is 12.2. The summed E-state index contributed by atoms with van der Waals surface area (Å²) in [5, 5.41) is 7.61. The highest BCUT2D eigenvalue weighted by molar-refractivity contribution is 7.25. The van der Waals surface area contributed by atoms with Crippen LogP contribution < -0.4 is 0 Å². The van der Waals surface area contributed by atoms with Crippen LogP contribution in [0.3, 0.4) is 0 Å². The lowest BCUT2D eigenvalue weighted by Crippen LogP contribution is -2.27. The third kappa shape index (κ3) is 3.82. The molecule has 0 unspecified atom stereocenters. The number of rotatable bonds is 2. The highest BCUT2D eigenvalue weighted by Gasteiger charge is 2.43. The van der Waals surface area contributed by atoms with Gasteiger partial charge in [-0.2, -0.15) is 0 Å². The van der Waals surface area contributed by atoms with Crippen molar-refractivity contribution < 1.29 is 4.42 Å². The molecule has 51 heavy (non-hydrogen) atoms. The molecule has 0 N–H and O–H groups in total. The van der Waals surface area contributed by atoms with E-state index in [1.165, 1.54) is 96.3 Å². The zero-order valence-corrected chi connectivity index (χ0v) is 28.9. The maximum absolute atomic E-state index is 6.31. The second kappa shape index (κ2) is 10.2. The van der Waals surface area contributed by atoms with Gasteiger partial charge in [-0.3, -0.25) is 0 Å². The molecule has 242 valence electrons. The van der Waals surface area contributed by atoms with Crippen LogP contribution in [0.15, 0.2) is 144 Å². The Balaban J connectivity index is 1.02. The molecule has 2 nitrogen and oxygen atoms in total. The molecule has 0 aliphatic heterocycles. The summed E-state index contributed by atoms with van der Waals surface area (Å²) in [5.74, 6) is 0. The first-order valence-electron chi connectivity index (χ1n) is 18.3. The molecule has 1 spiro atoms. The number of aromatic nitrogens is 1. The van der Waals surface area contributed by atoms with Crippen molar-refractivity contribution in [2.24, 2.45) is 0 Å². The van der Waals surface area contributed by atoms with Crippen LogP contribution in [-0.2, 0) is 5.41 Å². The monoisotopic (exact) mass is 671 g/mol. The molecule has 3 heteroatoms. The molecule has 3 aromatic heterocycles. The van der Waals surface area contributed by atoms with E-state index < -0.39 is 0 Å². The largest absolute Gasteiger partial charge is 0.456 e. The van der Waals surface area contributed by atoms with E-state index in [0.29, 0.717) is 0 Å². The molecule has 1 fully saturated rings. The van der Waals surface area contributed by atoms with E-state index in [-0.39, 0.29) is 5.41 Å². The average molecular weight is 672 g/mol. The van der Waals surface area contributed by atoms with Crippen molar-refractivity contribution in [3.63, 3.8) is 0 Å². The van der Waals surface area contributed by atoms with Gasteiger partial charge in [0.2, 0.25) is 0 Å². The van der Waals surface area contributed by atoms with Crippen LogP contribution in [0.1, 0.15) is 43.2 Å². The Labute approximate surface area is 299 Å². The van der Waals surface area contributed by atoms with E-state index >= 15 is 0 Å². The molecular weight excluding hydrogens is 639 g/mol. The van der Waals surface area contributed by atoms with Gasteiger partial charge in [0.1, 0.15) is 11.2 Å². The van der Waals surface area contributed by atoms with Gasteiger partial charge < -0.3 is 8.98 Å². The molecular formula is C48H33NOS. The molecule has 0 radical (unpaired) electrons. The highest BCUT2D eigenvalue weighted by Crippen LogP contribution is 2.57. The Hall–Kier alpha value is -5.64. The zero-order chi connectivity index (χ0) is 33.3. The number of hydrogen-bond acceptors (Lipinski definition) is 2. The van der Waals surface area contributed by atoms with E-state index in [9.17, 15) is 0 Å². The van der Waals surface area contributed by atoms with Gasteiger partial charge in [-0.15, -0.1) is 11.3 Å². The van der Waals surface area contributed by atoms with Crippen LogP contribution in [0.25, 0.3) is 91.9 Å². The molecule has 3 heterocycles. The van der Waals surface area contributed by atoms with Crippen molar-refractivity contribution in [1.29, 1.82) is 0 Å². The summed E-state index contributed by atoms with van der Waals surface area (Å²) in [6, 6.07) is 52.2. The van der Waals surface area contributed by atoms with Gasteiger partial charge in [0, 0.05) is 58.9 Å². The van der Waals surface area contributed by atoms with Crippen molar-refractivity contribution in [3.8, 4) is 27.9 Å². The standard InChI is InChI=1S/C48H33NOS/c1-8-22-48(23-9-1)40-13-5-2-10-32(40)36-28-47-39(27-41(36)48)38-25-30(17-21-46(38)51-47)29-16-20-43-37(24-29)33-11-3-6-14-42(33)49(43)31-18-19-35-34-12-4-7-15-44(34)50-45(35)26-31/h2-7,10-21,24-28H,1,8-9,22-23H2. The number of para-hydroxylation sites is 2. The lowest BCUT2D eigenvalue weighted by molar-refractivity contribution is 0.353. The first kappa shape index (κ1) is 28.1. The van der Waals surface area contributed by atoms with Crippen LogP contribution in [0.5, 0.6) is 0 Å². The Morgan fingerprint density at radius 3 is 2.12 bits per heavy atom. The number of hydrogen-bond donors (Lipinski definition) is 0. The molecule has 0 amide bonds. The SMILES string of the molecule is c1ccc2c(c1)-c1cc3sc4ccc(-c5ccc6c(c5)c5ccccc5n6-c5ccc6c(c5)oc5ccccc56)cc4c3cc1C21CCCCC1. The van der Waals surface area contributed by atoms with Crippen LogP contribution in [-0.4, -0.2) is 4.57 Å². The highest BCUT2D eigenvalue weighted by atomic mass is 32.1. The summed E-state index contributed by atoms with van der Waals surface area (Å²) in [6.07, 6.45) is 6.50. The van der Waals surface area contributed by atoms with Crippen molar-refractivity contribution in [2.45, 2.75) is 37.5 Å². The predicted molar refractivity (Wildman–Crippen MR) is 216 cm³/mol. The molecule has 2 aliphatic rings. The Morgan fingerprint density at radius 2 is 1.20 bits per heavy atom. The predicted octanol–water partition coefficient (Wildman–Crippen LogP) is 13.9. The van der Waals surface area contributed by atoms with Crippen LogP contribution in [0, 0.1) is 0 Å². The fraction of sp³-hybridized carbons (Fsp3) is 0.125. The summed E-state index contributed by atoms with van der Waals surface area (Å²) < 4.78 is 11.5. The Morgan fingerprint density at radius 1 is 0.471 bits per heavy atom. The molecule has 7 aromatic carbocycles. The first-order chi connectivity index (χ1) is 25.2. The first-order valence-corrected chi connectivity index (χ1v) is 19.1. The fourth-order valence-electron chi connectivity index (χ4n) is 9.88. The van der Waals surface area contributed by atoms with Gasteiger partial charge in [-0.05, 0) is 107 Å². The van der Waals surface area contributed by atoms with Crippen LogP contribution >= 0.6 is 11.3 Å². The molecule has 10 aromatic rings. The summed E-state index contributed by atoms with van der Waals surface area (Å²) in [6.45, 7) is 0. The minimum absolute atomic E-state index is 0.165. The lowest BCUT2D eigenvalue weighted by Gasteiger charge is -2.36. The lowest BCUT2D eigenvalue weighted by atomic mass is 9.68. The summed E-state index contributed by atoms with van der Waals surface area (Å²) >= 11 is 1.94. The Kier molecular flexibility index (Phi) is 5.63. The molecule has 12 rings (SSSR count). The number of nitrogens with zero attached hydrogens (tertiary/aromatic N) is 1. The second-order valence-corrected chi connectivity index (χ2v) is 15.8. The van der Waals surface area contributed by atoms with Crippen molar-refractivity contribution in [2.75, 3.05) is 0 Å². The normalized spacial score (nSPS) is 15.2. The van der Waals surface area contributed by atoms with E-state index in [1.54, 1.807) is 11.1 Å². The van der Waals surface area contributed by atoms with E-state index in [2.05, 4.69) is 132 Å². The Bertz CT molecular complexity index is 3070. The molecule has 1 saturated carbocycles. The number of fused-ring (bicyclic) bond motifs is 14. The summed E-state index contributed by atoms with van der Waals surface area (Å²) in [7, 11) is 0. The average Bonchev–Trinajstić information content (AvgIpc) is 3.91. The fourth-order valence-corrected chi connectivity index (χ4v) is 11.0. The van der Waals surface area contributed by atoms with E-state index in [0.717, 1.165) is 27.6 Å². The maximum Gasteiger partial charge on any atom is 0.137 e. The van der Waals surface area contributed by atoms with Gasteiger partial charge in [0.15, 0.2) is 0 Å². The summed E-state index contributed by atoms with van der Waals surface area (Å²) in [4.78, 5) is 0. The topological polar surface area (TPSA) is 18.1 Å². The molecule has 2 aliphatic carbocycles. The second-order valence-electron chi connectivity index (χ2n) is 14.8. The quantitative estimate of drug-likeness (QED) is 0.179. The van der Waals surface area contributed by atoms with Gasteiger partial charge in [0.25, 0.3) is 0 Å². The maximum atomic E-state index is 6.31. The zero-order valence-electron chi connectivity index (χ0n) is 28.1. The smallest absolute Gasteiger partial charge is 0.137 e. The van der Waals surface area contributed by atoms with Crippen molar-refractivity contribution >= 4 is 75.3 Å². The minimum Gasteiger partial charge on any atom is -0.456 e. The molecule has 0 atom stereocenters. The van der Waals surface area contributed by atoms with Gasteiger partial charge in [-0.25, -0.2) is 0 Å². The van der Waals surface area contributed by atoms with Crippen LogP contribution in [0.2, 0.25) is 0 Å². The van der Waals surface area contributed by atoms with Gasteiger partial charge in [-0.1, -0.05) is 92.1 Å². The van der Waals surface area contributed by atoms with E-state index in [4.69, 9.17) is 4.42 Å². The minimum atomic E-state index is 0.165. The van der Waals surface area contributed by atoms with Gasteiger partial charge >= 0.3 is 0 Å².